The van der Waals surface area contributed by atoms with Gasteiger partial charge in [-0.2, -0.15) is 0 Å². The number of pyridine rings is 2. The van der Waals surface area contributed by atoms with Crippen molar-refractivity contribution in [3.8, 4) is 0 Å². The minimum atomic E-state index is 0.0999. The van der Waals surface area contributed by atoms with Crippen molar-refractivity contribution in [1.82, 2.24) is 19.8 Å². The van der Waals surface area contributed by atoms with Gasteiger partial charge in [-0.05, 0) is 37.6 Å². The van der Waals surface area contributed by atoms with Gasteiger partial charge >= 0.3 is 0 Å². The van der Waals surface area contributed by atoms with E-state index in [0.29, 0.717) is 5.56 Å². The summed E-state index contributed by atoms with van der Waals surface area (Å²) in [6, 6.07) is 9.69. The molecule has 3 heterocycles. The van der Waals surface area contributed by atoms with Crippen molar-refractivity contribution >= 4 is 5.91 Å². The summed E-state index contributed by atoms with van der Waals surface area (Å²) >= 11 is 0. The monoisotopic (exact) mass is 310 g/mol. The number of aromatic nitrogens is 2. The van der Waals surface area contributed by atoms with Crippen LogP contribution in [-0.2, 0) is 6.54 Å². The third-order valence-corrected chi connectivity index (χ3v) is 4.13. The predicted molar refractivity (Wildman–Crippen MR) is 89.0 cm³/mol. The van der Waals surface area contributed by atoms with E-state index in [9.17, 15) is 4.79 Å². The Morgan fingerprint density at radius 3 is 2.70 bits per heavy atom. The molecule has 3 rings (SSSR count). The number of nitrogens with zero attached hydrogens (tertiary/aromatic N) is 4. The van der Waals surface area contributed by atoms with Gasteiger partial charge in [0.15, 0.2) is 0 Å². The standard InChI is InChI=1S/C18H22N4O/c1-15-4-2-5-17(20-15)14-21-10-3-11-22(13-12-21)18(23)16-6-8-19-9-7-16/h2,4-9H,3,10-14H2,1H3. The van der Waals surface area contributed by atoms with Crippen molar-refractivity contribution in [2.75, 3.05) is 26.2 Å². The number of carbonyl (C=O) groups excluding carboxylic acids is 1. The molecular weight excluding hydrogens is 288 g/mol. The molecule has 2 aromatic heterocycles. The summed E-state index contributed by atoms with van der Waals surface area (Å²) in [5.74, 6) is 0.0999. The van der Waals surface area contributed by atoms with E-state index in [0.717, 1.165) is 50.5 Å². The fourth-order valence-corrected chi connectivity index (χ4v) is 2.93. The lowest BCUT2D eigenvalue weighted by molar-refractivity contribution is 0.0761. The number of hydrogen-bond acceptors (Lipinski definition) is 4. The van der Waals surface area contributed by atoms with Gasteiger partial charge in [-0.15, -0.1) is 0 Å². The van der Waals surface area contributed by atoms with E-state index in [1.54, 1.807) is 24.5 Å². The smallest absolute Gasteiger partial charge is 0.254 e. The van der Waals surface area contributed by atoms with Crippen molar-refractivity contribution in [3.05, 3.63) is 59.7 Å². The summed E-state index contributed by atoms with van der Waals surface area (Å²) in [5, 5.41) is 0. The van der Waals surface area contributed by atoms with Crippen LogP contribution in [0.3, 0.4) is 0 Å². The number of carbonyl (C=O) groups is 1. The molecule has 1 amide bonds. The SMILES string of the molecule is Cc1cccc(CN2CCCN(C(=O)c3ccncc3)CC2)n1. The Labute approximate surface area is 137 Å². The van der Waals surface area contributed by atoms with Crippen LogP contribution in [0.1, 0.15) is 28.2 Å². The maximum Gasteiger partial charge on any atom is 0.254 e. The van der Waals surface area contributed by atoms with Crippen molar-refractivity contribution in [2.45, 2.75) is 19.9 Å². The Balaban J connectivity index is 1.60. The van der Waals surface area contributed by atoms with Crippen LogP contribution in [-0.4, -0.2) is 51.9 Å². The Hall–Kier alpha value is -2.27. The molecule has 0 radical (unpaired) electrons. The highest BCUT2D eigenvalue weighted by molar-refractivity contribution is 5.94. The molecule has 0 bridgehead atoms. The van der Waals surface area contributed by atoms with Gasteiger partial charge in [0, 0.05) is 56.4 Å². The Morgan fingerprint density at radius 1 is 1.09 bits per heavy atom. The summed E-state index contributed by atoms with van der Waals surface area (Å²) in [6.45, 7) is 6.30. The molecule has 0 aliphatic carbocycles. The third-order valence-electron chi connectivity index (χ3n) is 4.13. The van der Waals surface area contributed by atoms with E-state index < -0.39 is 0 Å². The number of hydrogen-bond donors (Lipinski definition) is 0. The summed E-state index contributed by atoms with van der Waals surface area (Å²) in [5.41, 5.74) is 2.86. The zero-order valence-corrected chi connectivity index (χ0v) is 13.5. The van der Waals surface area contributed by atoms with E-state index in [1.807, 2.05) is 17.9 Å². The Kier molecular flexibility index (Phi) is 4.98. The average molecular weight is 310 g/mol. The molecule has 1 saturated heterocycles. The summed E-state index contributed by atoms with van der Waals surface area (Å²) in [4.78, 5) is 25.4. The topological polar surface area (TPSA) is 49.3 Å². The summed E-state index contributed by atoms with van der Waals surface area (Å²) in [6.07, 6.45) is 4.32. The molecule has 0 aromatic carbocycles. The van der Waals surface area contributed by atoms with Crippen LogP contribution in [0.2, 0.25) is 0 Å². The zero-order valence-electron chi connectivity index (χ0n) is 13.5. The largest absolute Gasteiger partial charge is 0.337 e. The van der Waals surface area contributed by atoms with E-state index in [-0.39, 0.29) is 5.91 Å². The molecule has 0 spiro atoms. The van der Waals surface area contributed by atoms with Crippen LogP contribution >= 0.6 is 0 Å². The average Bonchev–Trinajstić information content (AvgIpc) is 2.81. The third kappa shape index (κ3) is 4.13. The van der Waals surface area contributed by atoms with E-state index >= 15 is 0 Å². The van der Waals surface area contributed by atoms with Crippen LogP contribution in [0.5, 0.6) is 0 Å². The second-order valence-corrected chi connectivity index (χ2v) is 5.93. The van der Waals surface area contributed by atoms with E-state index in [1.165, 1.54) is 0 Å². The molecule has 120 valence electrons. The molecule has 23 heavy (non-hydrogen) atoms. The zero-order chi connectivity index (χ0) is 16.1. The molecule has 5 nitrogen and oxygen atoms in total. The van der Waals surface area contributed by atoms with Crippen molar-refractivity contribution in [2.24, 2.45) is 0 Å². The fraction of sp³-hybridized carbons (Fsp3) is 0.389. The summed E-state index contributed by atoms with van der Waals surface area (Å²) in [7, 11) is 0. The fourth-order valence-electron chi connectivity index (χ4n) is 2.93. The maximum atomic E-state index is 12.5. The first-order valence-electron chi connectivity index (χ1n) is 8.06. The lowest BCUT2D eigenvalue weighted by atomic mass is 10.2. The van der Waals surface area contributed by atoms with Crippen LogP contribution in [0, 0.1) is 6.92 Å². The molecule has 5 heteroatoms. The van der Waals surface area contributed by atoms with Gasteiger partial charge in [0.25, 0.3) is 5.91 Å². The second kappa shape index (κ2) is 7.33. The van der Waals surface area contributed by atoms with Crippen LogP contribution in [0.25, 0.3) is 0 Å². The molecule has 0 saturated carbocycles. The molecule has 1 aliphatic heterocycles. The lowest BCUT2D eigenvalue weighted by Crippen LogP contribution is -2.35. The van der Waals surface area contributed by atoms with Crippen LogP contribution in [0.15, 0.2) is 42.7 Å². The van der Waals surface area contributed by atoms with Crippen molar-refractivity contribution in [1.29, 1.82) is 0 Å². The molecule has 1 aliphatic rings. The van der Waals surface area contributed by atoms with Gasteiger partial charge in [0.05, 0.1) is 5.69 Å². The lowest BCUT2D eigenvalue weighted by Gasteiger charge is -2.22. The van der Waals surface area contributed by atoms with Gasteiger partial charge < -0.3 is 4.90 Å². The second-order valence-electron chi connectivity index (χ2n) is 5.93. The first kappa shape index (κ1) is 15.6. The van der Waals surface area contributed by atoms with Crippen molar-refractivity contribution in [3.63, 3.8) is 0 Å². The van der Waals surface area contributed by atoms with Gasteiger partial charge in [-0.1, -0.05) is 6.07 Å². The number of aryl methyl sites for hydroxylation is 1. The molecule has 0 N–H and O–H groups in total. The molecule has 1 fully saturated rings. The highest BCUT2D eigenvalue weighted by Crippen LogP contribution is 2.11. The Bertz CT molecular complexity index is 659. The number of amides is 1. The first-order valence-corrected chi connectivity index (χ1v) is 8.06. The minimum absolute atomic E-state index is 0.0999. The van der Waals surface area contributed by atoms with Gasteiger partial charge in [0.1, 0.15) is 0 Å². The minimum Gasteiger partial charge on any atom is -0.337 e. The number of rotatable bonds is 3. The predicted octanol–water partition coefficient (Wildman–Crippen LogP) is 2.13. The highest BCUT2D eigenvalue weighted by Gasteiger charge is 2.20. The van der Waals surface area contributed by atoms with Gasteiger partial charge in [-0.3, -0.25) is 19.7 Å². The summed E-state index contributed by atoms with van der Waals surface area (Å²) < 4.78 is 0. The molecule has 0 unspecified atom stereocenters. The van der Waals surface area contributed by atoms with Gasteiger partial charge in [0.2, 0.25) is 0 Å². The van der Waals surface area contributed by atoms with E-state index in [2.05, 4.69) is 27.0 Å². The van der Waals surface area contributed by atoms with Crippen molar-refractivity contribution < 1.29 is 4.79 Å². The highest BCUT2D eigenvalue weighted by atomic mass is 16.2. The van der Waals surface area contributed by atoms with Gasteiger partial charge in [-0.25, -0.2) is 0 Å². The normalized spacial score (nSPS) is 16.1. The van der Waals surface area contributed by atoms with E-state index in [4.69, 9.17) is 0 Å². The van der Waals surface area contributed by atoms with Crippen LogP contribution < -0.4 is 0 Å². The molecule has 0 atom stereocenters. The quantitative estimate of drug-likeness (QED) is 0.871. The first-order chi connectivity index (χ1) is 11.2. The Morgan fingerprint density at radius 2 is 1.91 bits per heavy atom. The molecule has 2 aromatic rings. The molecular formula is C18H22N4O. The van der Waals surface area contributed by atoms with Crippen LogP contribution in [0.4, 0.5) is 0 Å². The maximum absolute atomic E-state index is 12.5.